The van der Waals surface area contributed by atoms with Crippen LogP contribution in [0.15, 0.2) is 24.5 Å². The van der Waals surface area contributed by atoms with Crippen molar-refractivity contribution in [1.29, 1.82) is 0 Å². The second-order valence-corrected chi connectivity index (χ2v) is 4.04. The molecule has 9 nitrogen and oxygen atoms in total. The maximum Gasteiger partial charge on any atom is 0.423 e. The third kappa shape index (κ3) is 3.53. The average Bonchev–Trinajstić information content (AvgIpc) is 2.90. The monoisotopic (exact) mass is 316 g/mol. The van der Waals surface area contributed by atoms with E-state index in [0.29, 0.717) is 12.1 Å². The first-order valence-corrected chi connectivity index (χ1v) is 5.63. The Hall–Kier alpha value is -3.05. The number of nitro groups is 1. The summed E-state index contributed by atoms with van der Waals surface area (Å²) in [5, 5.41) is 22.8. The number of carbonyl (C=O) groups excluding carboxylic acids is 1. The van der Waals surface area contributed by atoms with Crippen LogP contribution in [0.4, 0.5) is 24.5 Å². The van der Waals surface area contributed by atoms with Crippen LogP contribution in [0.1, 0.15) is 5.56 Å². The van der Waals surface area contributed by atoms with E-state index in [1.54, 1.807) is 0 Å². The molecule has 1 aromatic heterocycles. The van der Waals surface area contributed by atoms with E-state index in [1.165, 1.54) is 0 Å². The second-order valence-electron chi connectivity index (χ2n) is 4.04. The molecule has 12 heteroatoms. The lowest BCUT2D eigenvalue weighted by Crippen LogP contribution is -2.19. The standard InChI is InChI=1S/C10H7F3N6O3/c11-10(12,13)7-3-6(1-2-8(7)19(21)22)15-9(20)4-18-5-14-16-17-18/h1-3,5H,4H2,(H,15,20). The fraction of sp³-hybridized carbons (Fsp3) is 0.200. The summed E-state index contributed by atoms with van der Waals surface area (Å²) >= 11 is 0. The highest BCUT2D eigenvalue weighted by atomic mass is 19.4. The SMILES string of the molecule is O=C(Cn1cnnn1)Nc1ccc([N+](=O)[O-])c(C(F)(F)F)c1. The first-order chi connectivity index (χ1) is 10.3. The molecule has 1 amide bonds. The number of alkyl halides is 3. The van der Waals surface area contributed by atoms with Gasteiger partial charge < -0.3 is 5.32 Å². The number of halogens is 3. The lowest BCUT2D eigenvalue weighted by molar-refractivity contribution is -0.388. The van der Waals surface area contributed by atoms with E-state index >= 15 is 0 Å². The van der Waals surface area contributed by atoms with Gasteiger partial charge in [-0.3, -0.25) is 14.9 Å². The Balaban J connectivity index is 2.21. The van der Waals surface area contributed by atoms with E-state index in [0.717, 1.165) is 17.1 Å². The first kappa shape index (κ1) is 15.3. The molecule has 0 spiro atoms. The lowest BCUT2D eigenvalue weighted by Gasteiger charge is -2.10. The molecular weight excluding hydrogens is 309 g/mol. The Labute approximate surface area is 119 Å². The number of benzene rings is 1. The van der Waals surface area contributed by atoms with E-state index in [2.05, 4.69) is 20.8 Å². The summed E-state index contributed by atoms with van der Waals surface area (Å²) in [7, 11) is 0. The van der Waals surface area contributed by atoms with E-state index in [1.807, 2.05) is 0 Å². The van der Waals surface area contributed by atoms with E-state index in [9.17, 15) is 28.1 Å². The fourth-order valence-corrected chi connectivity index (χ4v) is 1.60. The van der Waals surface area contributed by atoms with E-state index in [-0.39, 0.29) is 12.2 Å². The molecule has 2 aromatic rings. The molecule has 0 fully saturated rings. The van der Waals surface area contributed by atoms with E-state index < -0.39 is 28.3 Å². The van der Waals surface area contributed by atoms with Crippen LogP contribution in [0.25, 0.3) is 0 Å². The van der Waals surface area contributed by atoms with E-state index in [4.69, 9.17) is 0 Å². The highest BCUT2D eigenvalue weighted by Gasteiger charge is 2.38. The maximum atomic E-state index is 12.8. The minimum Gasteiger partial charge on any atom is -0.324 e. The van der Waals surface area contributed by atoms with Gasteiger partial charge in [0.2, 0.25) is 5.91 Å². The molecular formula is C10H7F3N6O3. The number of hydrogen-bond acceptors (Lipinski definition) is 6. The van der Waals surface area contributed by atoms with Crippen molar-refractivity contribution in [1.82, 2.24) is 20.2 Å². The summed E-state index contributed by atoms with van der Waals surface area (Å²) in [5.41, 5.74) is -2.76. The highest BCUT2D eigenvalue weighted by Crippen LogP contribution is 2.37. The zero-order valence-corrected chi connectivity index (χ0v) is 10.6. The molecule has 1 aromatic carbocycles. The molecule has 0 aliphatic carbocycles. The van der Waals surface area contributed by atoms with Gasteiger partial charge >= 0.3 is 6.18 Å². The van der Waals surface area contributed by atoms with Gasteiger partial charge in [0, 0.05) is 11.8 Å². The van der Waals surface area contributed by atoms with Crippen LogP contribution >= 0.6 is 0 Å². The molecule has 0 atom stereocenters. The number of rotatable bonds is 4. The van der Waals surface area contributed by atoms with Crippen molar-refractivity contribution in [3.8, 4) is 0 Å². The number of tetrazole rings is 1. The van der Waals surface area contributed by atoms with Gasteiger partial charge in [-0.05, 0) is 22.6 Å². The summed E-state index contributed by atoms with van der Waals surface area (Å²) in [5.74, 6) is -0.686. The molecule has 116 valence electrons. The minimum absolute atomic E-state index is 0.226. The number of nitro benzene ring substituents is 1. The van der Waals surface area contributed by atoms with Gasteiger partial charge in [0.25, 0.3) is 5.69 Å². The zero-order chi connectivity index (χ0) is 16.3. The Morgan fingerprint density at radius 3 is 2.68 bits per heavy atom. The predicted octanol–water partition coefficient (Wildman–Crippen LogP) is 1.24. The number of hydrogen-bond donors (Lipinski definition) is 1. The van der Waals surface area contributed by atoms with Crippen LogP contribution in [-0.4, -0.2) is 31.0 Å². The molecule has 1 heterocycles. The first-order valence-electron chi connectivity index (χ1n) is 5.63. The second kappa shape index (κ2) is 5.75. The Bertz CT molecular complexity index is 700. The molecule has 0 aliphatic rings. The Morgan fingerprint density at radius 2 is 2.14 bits per heavy atom. The molecule has 0 saturated carbocycles. The normalized spacial score (nSPS) is 11.2. The molecule has 0 radical (unpaired) electrons. The van der Waals surface area contributed by atoms with Gasteiger partial charge in [0.15, 0.2) is 0 Å². The zero-order valence-electron chi connectivity index (χ0n) is 10.6. The number of nitrogens with one attached hydrogen (secondary N) is 1. The number of anilines is 1. The summed E-state index contributed by atoms with van der Waals surface area (Å²) in [4.78, 5) is 21.1. The van der Waals surface area contributed by atoms with Gasteiger partial charge in [-0.1, -0.05) is 0 Å². The van der Waals surface area contributed by atoms with Gasteiger partial charge in [-0.2, -0.15) is 13.2 Å². The number of aromatic nitrogens is 4. The summed E-state index contributed by atoms with van der Waals surface area (Å²) in [6, 6.07) is 2.18. The van der Waals surface area contributed by atoms with Gasteiger partial charge in [0.05, 0.1) is 4.92 Å². The molecule has 0 unspecified atom stereocenters. The van der Waals surface area contributed by atoms with Crippen molar-refractivity contribution < 1.29 is 22.9 Å². The summed E-state index contributed by atoms with van der Waals surface area (Å²) in [6.07, 6.45) is -3.77. The van der Waals surface area contributed by atoms with Crippen LogP contribution < -0.4 is 5.32 Å². The average molecular weight is 316 g/mol. The molecule has 2 rings (SSSR count). The van der Waals surface area contributed by atoms with Crippen LogP contribution in [-0.2, 0) is 17.5 Å². The van der Waals surface area contributed by atoms with Gasteiger partial charge in [-0.15, -0.1) is 5.10 Å². The molecule has 22 heavy (non-hydrogen) atoms. The lowest BCUT2D eigenvalue weighted by atomic mass is 10.1. The predicted molar refractivity (Wildman–Crippen MR) is 64.5 cm³/mol. The van der Waals surface area contributed by atoms with Gasteiger partial charge in [-0.25, -0.2) is 4.68 Å². The number of carbonyl (C=O) groups is 1. The van der Waals surface area contributed by atoms with Crippen molar-refractivity contribution in [3.05, 3.63) is 40.2 Å². The minimum atomic E-state index is -4.92. The smallest absolute Gasteiger partial charge is 0.324 e. The quantitative estimate of drug-likeness (QED) is 0.670. The van der Waals surface area contributed by atoms with Crippen molar-refractivity contribution in [2.24, 2.45) is 0 Å². The third-order valence-electron chi connectivity index (χ3n) is 2.48. The topological polar surface area (TPSA) is 116 Å². The summed E-state index contributed by atoms with van der Waals surface area (Å²) in [6.45, 7) is -0.314. The van der Waals surface area contributed by atoms with Crippen LogP contribution in [0.3, 0.4) is 0 Å². The molecule has 1 N–H and O–H groups in total. The Morgan fingerprint density at radius 1 is 1.41 bits per heavy atom. The van der Waals surface area contributed by atoms with Crippen molar-refractivity contribution >= 4 is 17.3 Å². The summed E-state index contributed by atoms with van der Waals surface area (Å²) < 4.78 is 39.4. The number of nitrogens with zero attached hydrogens (tertiary/aromatic N) is 5. The van der Waals surface area contributed by atoms with Crippen LogP contribution in [0.5, 0.6) is 0 Å². The van der Waals surface area contributed by atoms with Crippen molar-refractivity contribution in [3.63, 3.8) is 0 Å². The maximum absolute atomic E-state index is 12.8. The van der Waals surface area contributed by atoms with Crippen LogP contribution in [0.2, 0.25) is 0 Å². The fourth-order valence-electron chi connectivity index (χ4n) is 1.60. The molecule has 0 bridgehead atoms. The van der Waals surface area contributed by atoms with Gasteiger partial charge in [0.1, 0.15) is 18.4 Å². The Kier molecular flexibility index (Phi) is 4.01. The van der Waals surface area contributed by atoms with Crippen molar-refractivity contribution in [2.75, 3.05) is 5.32 Å². The molecule has 0 saturated heterocycles. The van der Waals surface area contributed by atoms with Crippen LogP contribution in [0, 0.1) is 10.1 Å². The molecule has 0 aliphatic heterocycles. The highest BCUT2D eigenvalue weighted by molar-refractivity contribution is 5.90. The van der Waals surface area contributed by atoms with Crippen molar-refractivity contribution in [2.45, 2.75) is 12.7 Å². The number of amides is 1. The third-order valence-corrected chi connectivity index (χ3v) is 2.48. The largest absolute Gasteiger partial charge is 0.423 e.